The smallest absolute Gasteiger partial charge is 0.227 e. The van der Waals surface area contributed by atoms with E-state index in [0.717, 1.165) is 77.9 Å². The Labute approximate surface area is 333 Å². The lowest BCUT2D eigenvalue weighted by Crippen LogP contribution is -2.10. The summed E-state index contributed by atoms with van der Waals surface area (Å²) in [6.07, 6.45) is 0. The third kappa shape index (κ3) is 5.00. The summed E-state index contributed by atoms with van der Waals surface area (Å²) in [6, 6.07) is 70.4. The number of furan rings is 1. The molecule has 12 aromatic rings. The molecule has 0 saturated heterocycles. The average Bonchev–Trinajstić information content (AvgIpc) is 4.00. The van der Waals surface area contributed by atoms with Gasteiger partial charge in [0, 0.05) is 60.5 Å². The van der Waals surface area contributed by atoms with Crippen molar-refractivity contribution in [2.75, 3.05) is 4.90 Å². The molecule has 58 heavy (non-hydrogen) atoms. The molecule has 0 atom stereocenters. The quantitative estimate of drug-likeness (QED) is 0.170. The second kappa shape index (κ2) is 12.8. The van der Waals surface area contributed by atoms with Crippen LogP contribution in [0, 0.1) is 0 Å². The van der Waals surface area contributed by atoms with Crippen molar-refractivity contribution < 1.29 is 8.83 Å². The van der Waals surface area contributed by atoms with E-state index < -0.39 is 0 Å². The normalized spacial score (nSPS) is 11.8. The van der Waals surface area contributed by atoms with E-state index in [1.54, 1.807) is 0 Å². The minimum Gasteiger partial charge on any atom is -0.456 e. The van der Waals surface area contributed by atoms with Crippen LogP contribution >= 0.6 is 0 Å². The third-order valence-electron chi connectivity index (χ3n) is 11.4. The summed E-state index contributed by atoms with van der Waals surface area (Å²) in [5.74, 6) is 0.615. The van der Waals surface area contributed by atoms with E-state index in [2.05, 4.69) is 155 Å². The first kappa shape index (κ1) is 32.4. The first-order chi connectivity index (χ1) is 28.8. The van der Waals surface area contributed by atoms with E-state index in [0.29, 0.717) is 5.89 Å². The van der Waals surface area contributed by atoms with Crippen LogP contribution in [0.15, 0.2) is 209 Å². The molecule has 0 unspecified atom stereocenters. The van der Waals surface area contributed by atoms with Crippen molar-refractivity contribution in [1.82, 2.24) is 9.55 Å². The number of rotatable bonds is 6. The molecule has 0 N–H and O–H groups in total. The molecule has 9 aromatic carbocycles. The molecule has 3 heterocycles. The summed E-state index contributed by atoms with van der Waals surface area (Å²) >= 11 is 0. The summed E-state index contributed by atoms with van der Waals surface area (Å²) in [4.78, 5) is 7.24. The zero-order valence-electron chi connectivity index (χ0n) is 31.2. The zero-order valence-corrected chi connectivity index (χ0v) is 31.2. The second-order valence-corrected chi connectivity index (χ2v) is 14.7. The maximum absolute atomic E-state index is 6.45. The van der Waals surface area contributed by atoms with Gasteiger partial charge in [-0.25, -0.2) is 4.98 Å². The van der Waals surface area contributed by atoms with Crippen molar-refractivity contribution in [2.24, 2.45) is 0 Å². The predicted molar refractivity (Wildman–Crippen MR) is 239 cm³/mol. The Bertz CT molecular complexity index is 3510. The molecule has 3 aromatic heterocycles. The molecule has 0 aliphatic rings. The van der Waals surface area contributed by atoms with E-state index in [4.69, 9.17) is 13.8 Å². The highest BCUT2D eigenvalue weighted by Crippen LogP contribution is 2.47. The lowest BCUT2D eigenvalue weighted by molar-refractivity contribution is 0.621. The van der Waals surface area contributed by atoms with E-state index in [-0.39, 0.29) is 0 Å². The number of hydrogen-bond acceptors (Lipinski definition) is 4. The summed E-state index contributed by atoms with van der Waals surface area (Å²) in [5.41, 5.74) is 13.0. The fourth-order valence-corrected chi connectivity index (χ4v) is 8.79. The Morgan fingerprint density at radius 1 is 0.431 bits per heavy atom. The number of benzene rings is 9. The van der Waals surface area contributed by atoms with Gasteiger partial charge in [-0.2, -0.15) is 0 Å². The van der Waals surface area contributed by atoms with Gasteiger partial charge in [0.1, 0.15) is 16.7 Å². The zero-order chi connectivity index (χ0) is 38.2. The lowest BCUT2D eigenvalue weighted by atomic mass is 10.0. The molecule has 5 heteroatoms. The van der Waals surface area contributed by atoms with E-state index in [1.165, 1.54) is 27.2 Å². The molecule has 0 bridgehead atoms. The predicted octanol–water partition coefficient (Wildman–Crippen LogP) is 14.8. The Kier molecular flexibility index (Phi) is 7.16. The molecular weight excluding hydrogens is 711 g/mol. The van der Waals surface area contributed by atoms with Crippen LogP contribution in [0.2, 0.25) is 0 Å². The Morgan fingerprint density at radius 2 is 1.10 bits per heavy atom. The Morgan fingerprint density at radius 3 is 1.93 bits per heavy atom. The highest BCUT2D eigenvalue weighted by molar-refractivity contribution is 6.22. The van der Waals surface area contributed by atoms with Gasteiger partial charge in [-0.05, 0) is 84.4 Å². The number of aromatic nitrogens is 2. The molecule has 272 valence electrons. The summed E-state index contributed by atoms with van der Waals surface area (Å²) < 4.78 is 15.2. The van der Waals surface area contributed by atoms with E-state index >= 15 is 0 Å². The van der Waals surface area contributed by atoms with Crippen LogP contribution in [0.25, 0.3) is 93.9 Å². The van der Waals surface area contributed by atoms with Crippen molar-refractivity contribution in [3.63, 3.8) is 0 Å². The van der Waals surface area contributed by atoms with Crippen molar-refractivity contribution >= 4 is 82.7 Å². The van der Waals surface area contributed by atoms with Crippen LogP contribution in [0.4, 0.5) is 17.1 Å². The standard InChI is InChI=1S/C53H33N3O2/c1-3-14-35(15-4-1)53-54-46-23-13-22-39(52(46)58-53)34-26-28-37(29-27-34)55(38-30-31-50-44(32-38)42-20-10-12-25-49(42)57-50)48-33-45-41-19-9-11-24-47(41)56(36-16-5-2-6-17-36)51(45)43-21-8-7-18-40(43)48/h1-33H. The summed E-state index contributed by atoms with van der Waals surface area (Å²) in [7, 11) is 0. The van der Waals surface area contributed by atoms with Crippen molar-refractivity contribution in [2.45, 2.75) is 0 Å². The van der Waals surface area contributed by atoms with Gasteiger partial charge >= 0.3 is 0 Å². The molecular formula is C53H33N3O2. The van der Waals surface area contributed by atoms with Gasteiger partial charge in [0.05, 0.1) is 16.7 Å². The van der Waals surface area contributed by atoms with Gasteiger partial charge in [0.2, 0.25) is 5.89 Å². The van der Waals surface area contributed by atoms with Gasteiger partial charge in [-0.1, -0.05) is 121 Å². The molecule has 5 nitrogen and oxygen atoms in total. The lowest BCUT2D eigenvalue weighted by Gasteiger charge is -2.28. The number of para-hydroxylation sites is 4. The maximum atomic E-state index is 6.45. The van der Waals surface area contributed by atoms with Crippen LogP contribution in [0.1, 0.15) is 0 Å². The maximum Gasteiger partial charge on any atom is 0.227 e. The molecule has 0 spiro atoms. The van der Waals surface area contributed by atoms with Gasteiger partial charge < -0.3 is 18.3 Å². The minimum atomic E-state index is 0.615. The number of fused-ring (bicyclic) bond motifs is 9. The SMILES string of the molecule is c1ccc(-c2nc3cccc(-c4ccc(N(c5ccc6oc7ccccc7c6c5)c5cc6c7ccccc7n(-c7ccccc7)c6c6ccccc56)cc4)c3o2)cc1. The molecule has 0 amide bonds. The number of nitrogens with zero attached hydrogens (tertiary/aromatic N) is 3. The van der Waals surface area contributed by atoms with Crippen LogP contribution < -0.4 is 4.90 Å². The summed E-state index contributed by atoms with van der Waals surface area (Å²) in [6.45, 7) is 0. The number of anilines is 3. The molecule has 0 aliphatic carbocycles. The second-order valence-electron chi connectivity index (χ2n) is 14.7. The molecule has 12 rings (SSSR count). The molecule has 0 radical (unpaired) electrons. The van der Waals surface area contributed by atoms with Crippen LogP contribution in [-0.4, -0.2) is 9.55 Å². The third-order valence-corrected chi connectivity index (χ3v) is 11.4. The van der Waals surface area contributed by atoms with Crippen LogP contribution in [0.5, 0.6) is 0 Å². The minimum absolute atomic E-state index is 0.615. The highest BCUT2D eigenvalue weighted by Gasteiger charge is 2.23. The van der Waals surface area contributed by atoms with Gasteiger partial charge in [0.25, 0.3) is 0 Å². The van der Waals surface area contributed by atoms with Crippen molar-refractivity contribution in [3.05, 3.63) is 200 Å². The first-order valence-corrected chi connectivity index (χ1v) is 19.5. The van der Waals surface area contributed by atoms with Gasteiger partial charge in [-0.3, -0.25) is 0 Å². The molecule has 0 fully saturated rings. The first-order valence-electron chi connectivity index (χ1n) is 19.5. The van der Waals surface area contributed by atoms with Gasteiger partial charge in [0.15, 0.2) is 5.58 Å². The largest absolute Gasteiger partial charge is 0.456 e. The van der Waals surface area contributed by atoms with Crippen LogP contribution in [-0.2, 0) is 0 Å². The average molecular weight is 744 g/mol. The number of hydrogen-bond donors (Lipinski definition) is 0. The van der Waals surface area contributed by atoms with Crippen LogP contribution in [0.3, 0.4) is 0 Å². The Hall–Kier alpha value is -7.89. The molecule has 0 aliphatic heterocycles. The van der Waals surface area contributed by atoms with Gasteiger partial charge in [-0.15, -0.1) is 0 Å². The van der Waals surface area contributed by atoms with Crippen molar-refractivity contribution in [1.29, 1.82) is 0 Å². The Balaban J connectivity index is 1.09. The van der Waals surface area contributed by atoms with E-state index in [9.17, 15) is 0 Å². The fourth-order valence-electron chi connectivity index (χ4n) is 8.79. The number of oxazole rings is 1. The topological polar surface area (TPSA) is 47.3 Å². The summed E-state index contributed by atoms with van der Waals surface area (Å²) in [5, 5.41) is 6.89. The van der Waals surface area contributed by atoms with E-state index in [1.807, 2.05) is 54.6 Å². The molecule has 0 saturated carbocycles. The monoisotopic (exact) mass is 743 g/mol. The highest BCUT2D eigenvalue weighted by atomic mass is 16.3. The fraction of sp³-hybridized carbons (Fsp3) is 0. The van der Waals surface area contributed by atoms with Crippen molar-refractivity contribution in [3.8, 4) is 28.3 Å².